The number of nitrogens with one attached hydrogen (secondary N) is 1. The normalized spacial score (nSPS) is 11.2. The number of hydrogen-bond donors (Lipinski definition) is 1. The Balaban J connectivity index is 2.45. The second-order valence-electron chi connectivity index (χ2n) is 4.61. The molecule has 96 valence electrons. The highest BCUT2D eigenvalue weighted by molar-refractivity contribution is 6.31. The van der Waals surface area contributed by atoms with E-state index in [0.717, 1.165) is 28.5 Å². The molecule has 0 aliphatic rings. The van der Waals surface area contributed by atoms with Crippen molar-refractivity contribution in [2.75, 3.05) is 7.05 Å². The maximum atomic E-state index is 6.25. The molecule has 1 heterocycles. The summed E-state index contributed by atoms with van der Waals surface area (Å²) in [6, 6.07) is 7.95. The molecular weight excluding hydrogens is 246 g/mol. The fraction of sp³-hybridized carbons (Fsp3) is 0.357. The lowest BCUT2D eigenvalue weighted by molar-refractivity contribution is 0.751. The highest BCUT2D eigenvalue weighted by Gasteiger charge is 2.10. The number of nitrogens with zero attached hydrogens (tertiary/aromatic N) is 2. The van der Waals surface area contributed by atoms with Crippen LogP contribution in [0.25, 0.3) is 5.69 Å². The Morgan fingerprint density at radius 3 is 2.72 bits per heavy atom. The first-order chi connectivity index (χ1) is 8.63. The van der Waals surface area contributed by atoms with Crippen LogP contribution in [0.2, 0.25) is 5.02 Å². The molecule has 1 aromatic carbocycles. The van der Waals surface area contributed by atoms with Crippen LogP contribution in [0.3, 0.4) is 0 Å². The molecule has 0 aliphatic carbocycles. The van der Waals surface area contributed by atoms with Crippen LogP contribution in [-0.2, 0) is 6.54 Å². The molecule has 1 N–H and O–H groups in total. The van der Waals surface area contributed by atoms with Crippen LogP contribution < -0.4 is 5.32 Å². The highest BCUT2D eigenvalue weighted by Crippen LogP contribution is 2.23. The molecule has 18 heavy (non-hydrogen) atoms. The van der Waals surface area contributed by atoms with E-state index in [9.17, 15) is 0 Å². The zero-order valence-electron chi connectivity index (χ0n) is 10.9. The molecule has 2 rings (SSSR count). The molecule has 4 heteroatoms. The molecule has 1 aromatic heterocycles. The van der Waals surface area contributed by atoms with Gasteiger partial charge in [-0.15, -0.1) is 0 Å². The third-order valence-electron chi connectivity index (χ3n) is 2.90. The van der Waals surface area contributed by atoms with Crippen LogP contribution in [0.1, 0.15) is 31.0 Å². The molecule has 0 atom stereocenters. The molecule has 0 spiro atoms. The Morgan fingerprint density at radius 1 is 1.33 bits per heavy atom. The summed E-state index contributed by atoms with van der Waals surface area (Å²) in [7, 11) is 1.91. The second-order valence-corrected chi connectivity index (χ2v) is 5.01. The van der Waals surface area contributed by atoms with E-state index >= 15 is 0 Å². The fourth-order valence-electron chi connectivity index (χ4n) is 1.89. The van der Waals surface area contributed by atoms with Gasteiger partial charge in [-0.05, 0) is 31.2 Å². The van der Waals surface area contributed by atoms with Gasteiger partial charge in [-0.2, -0.15) is 5.10 Å². The topological polar surface area (TPSA) is 29.9 Å². The van der Waals surface area contributed by atoms with Crippen molar-refractivity contribution in [1.29, 1.82) is 0 Å². The van der Waals surface area contributed by atoms with Gasteiger partial charge in [0.2, 0.25) is 0 Å². The quantitative estimate of drug-likeness (QED) is 0.917. The monoisotopic (exact) mass is 263 g/mol. The average molecular weight is 264 g/mol. The van der Waals surface area contributed by atoms with Crippen LogP contribution in [0.4, 0.5) is 0 Å². The summed E-state index contributed by atoms with van der Waals surface area (Å²) in [5, 5.41) is 8.50. The van der Waals surface area contributed by atoms with Crippen molar-refractivity contribution in [2.45, 2.75) is 26.3 Å². The average Bonchev–Trinajstić information content (AvgIpc) is 2.81. The first-order valence-electron chi connectivity index (χ1n) is 6.11. The molecule has 0 saturated carbocycles. The number of hydrogen-bond acceptors (Lipinski definition) is 2. The van der Waals surface area contributed by atoms with Crippen LogP contribution >= 0.6 is 11.6 Å². The number of halogens is 1. The maximum absolute atomic E-state index is 6.25. The van der Waals surface area contributed by atoms with Gasteiger partial charge >= 0.3 is 0 Å². The summed E-state index contributed by atoms with van der Waals surface area (Å²) in [6.07, 6.45) is 1.99. The standard InChI is InChI=1S/C14H18ClN3/c1-10(2)13-7-8-18(17-13)14-6-4-5-12(15)11(14)9-16-3/h4-8,10,16H,9H2,1-3H3. The van der Waals surface area contributed by atoms with Crippen molar-refractivity contribution in [3.8, 4) is 5.69 Å². The van der Waals surface area contributed by atoms with E-state index in [1.165, 1.54) is 0 Å². The lowest BCUT2D eigenvalue weighted by atomic mass is 10.1. The molecule has 0 fully saturated rings. The van der Waals surface area contributed by atoms with Gasteiger partial charge in [0.1, 0.15) is 0 Å². The predicted molar refractivity (Wildman–Crippen MR) is 75.4 cm³/mol. The van der Waals surface area contributed by atoms with Gasteiger partial charge in [0, 0.05) is 23.3 Å². The van der Waals surface area contributed by atoms with Gasteiger partial charge in [0.05, 0.1) is 11.4 Å². The number of benzene rings is 1. The van der Waals surface area contributed by atoms with Gasteiger partial charge in [-0.25, -0.2) is 4.68 Å². The summed E-state index contributed by atoms with van der Waals surface area (Å²) in [5.74, 6) is 0.429. The minimum absolute atomic E-state index is 0.429. The minimum Gasteiger partial charge on any atom is -0.316 e. The molecule has 0 bridgehead atoms. The molecule has 0 aliphatic heterocycles. The van der Waals surface area contributed by atoms with Crippen molar-refractivity contribution in [3.05, 3.63) is 46.7 Å². The van der Waals surface area contributed by atoms with Gasteiger partial charge < -0.3 is 5.32 Å². The molecular formula is C14H18ClN3. The number of rotatable bonds is 4. The smallest absolute Gasteiger partial charge is 0.0705 e. The van der Waals surface area contributed by atoms with Crippen LogP contribution in [0, 0.1) is 0 Å². The predicted octanol–water partition coefficient (Wildman–Crippen LogP) is 3.37. The van der Waals surface area contributed by atoms with E-state index in [1.54, 1.807) is 0 Å². The first-order valence-corrected chi connectivity index (χ1v) is 6.49. The van der Waals surface area contributed by atoms with Crippen molar-refractivity contribution in [2.24, 2.45) is 0 Å². The van der Waals surface area contributed by atoms with Gasteiger partial charge in [-0.3, -0.25) is 0 Å². The summed E-state index contributed by atoms with van der Waals surface area (Å²) in [6.45, 7) is 5.00. The van der Waals surface area contributed by atoms with Crippen molar-refractivity contribution >= 4 is 11.6 Å². The Labute approximate surface area is 113 Å². The van der Waals surface area contributed by atoms with E-state index in [1.807, 2.05) is 36.1 Å². The summed E-state index contributed by atoms with van der Waals surface area (Å²) >= 11 is 6.25. The molecule has 3 nitrogen and oxygen atoms in total. The van der Waals surface area contributed by atoms with E-state index in [0.29, 0.717) is 5.92 Å². The SMILES string of the molecule is CNCc1c(Cl)cccc1-n1ccc(C(C)C)n1. The second kappa shape index (κ2) is 5.55. The van der Waals surface area contributed by atoms with E-state index < -0.39 is 0 Å². The Kier molecular flexibility index (Phi) is 4.04. The third-order valence-corrected chi connectivity index (χ3v) is 3.25. The van der Waals surface area contributed by atoms with E-state index in [-0.39, 0.29) is 0 Å². The van der Waals surface area contributed by atoms with E-state index in [4.69, 9.17) is 11.6 Å². The van der Waals surface area contributed by atoms with Gasteiger partial charge in [-0.1, -0.05) is 31.5 Å². The third kappa shape index (κ3) is 2.57. The molecule has 0 radical (unpaired) electrons. The first kappa shape index (κ1) is 13.1. The zero-order valence-corrected chi connectivity index (χ0v) is 11.7. The summed E-state index contributed by atoms with van der Waals surface area (Å²) < 4.78 is 1.90. The highest BCUT2D eigenvalue weighted by atomic mass is 35.5. The summed E-state index contributed by atoms with van der Waals surface area (Å²) in [4.78, 5) is 0. The summed E-state index contributed by atoms with van der Waals surface area (Å²) in [5.41, 5.74) is 3.19. The lowest BCUT2D eigenvalue weighted by Crippen LogP contribution is -2.10. The Bertz CT molecular complexity index is 532. The molecule has 0 unspecified atom stereocenters. The lowest BCUT2D eigenvalue weighted by Gasteiger charge is -2.11. The Hall–Kier alpha value is -1.32. The van der Waals surface area contributed by atoms with Gasteiger partial charge in [0.15, 0.2) is 0 Å². The Morgan fingerprint density at radius 2 is 2.11 bits per heavy atom. The molecule has 2 aromatic rings. The maximum Gasteiger partial charge on any atom is 0.0705 e. The van der Waals surface area contributed by atoms with Crippen molar-refractivity contribution in [1.82, 2.24) is 15.1 Å². The zero-order chi connectivity index (χ0) is 13.1. The van der Waals surface area contributed by atoms with Crippen molar-refractivity contribution in [3.63, 3.8) is 0 Å². The van der Waals surface area contributed by atoms with Crippen LogP contribution in [0.5, 0.6) is 0 Å². The van der Waals surface area contributed by atoms with Crippen LogP contribution in [0.15, 0.2) is 30.5 Å². The molecule has 0 amide bonds. The van der Waals surface area contributed by atoms with Gasteiger partial charge in [0.25, 0.3) is 0 Å². The van der Waals surface area contributed by atoms with Crippen LogP contribution in [-0.4, -0.2) is 16.8 Å². The number of aromatic nitrogens is 2. The van der Waals surface area contributed by atoms with Crippen molar-refractivity contribution < 1.29 is 0 Å². The fourth-order valence-corrected chi connectivity index (χ4v) is 2.13. The molecule has 0 saturated heterocycles. The largest absolute Gasteiger partial charge is 0.316 e. The van der Waals surface area contributed by atoms with E-state index in [2.05, 4.69) is 30.3 Å². The minimum atomic E-state index is 0.429.